The Kier molecular flexibility index (Phi) is 9.83. The molecule has 0 amide bonds. The second-order valence-electron chi connectivity index (χ2n) is 16.6. The highest BCUT2D eigenvalue weighted by molar-refractivity contribution is 7.89. The number of aryl methyl sites for hydroxylation is 1. The first kappa shape index (κ1) is 35.7. The minimum absolute atomic E-state index is 0.0104. The minimum Gasteiger partial charge on any atom is -0.490 e. The molecule has 1 spiro atoms. The Balaban J connectivity index is 1.35. The first-order chi connectivity index (χ1) is 22.5. The van der Waals surface area contributed by atoms with Crippen LogP contribution in [-0.4, -0.2) is 58.9 Å². The highest BCUT2D eigenvalue weighted by Gasteiger charge is 2.50. The molecule has 2 aromatic rings. The lowest BCUT2D eigenvalue weighted by molar-refractivity contribution is -0.0227. The molecule has 0 bridgehead atoms. The van der Waals surface area contributed by atoms with Gasteiger partial charge >= 0.3 is 5.97 Å². The van der Waals surface area contributed by atoms with Gasteiger partial charge in [-0.2, -0.15) is 0 Å². The monoisotopic (exact) mass is 716 g/mol. The number of halogens is 1. The zero-order valence-corrected chi connectivity index (χ0v) is 31.7. The topological polar surface area (TPSA) is 119 Å². The van der Waals surface area contributed by atoms with Gasteiger partial charge in [-0.3, -0.25) is 0 Å². The van der Waals surface area contributed by atoms with Crippen molar-refractivity contribution in [2.24, 2.45) is 22.9 Å². The van der Waals surface area contributed by atoms with Crippen molar-refractivity contribution in [2.45, 2.75) is 113 Å². The number of carboxylic acids is 1. The maximum atomic E-state index is 12.5. The zero-order valence-electron chi connectivity index (χ0n) is 29.1. The van der Waals surface area contributed by atoms with E-state index in [2.05, 4.69) is 50.9 Å². The number of anilines is 1. The number of nitrogens with two attached hydrogens (primary N) is 1. The van der Waals surface area contributed by atoms with Crippen LogP contribution in [0.3, 0.4) is 0 Å². The lowest BCUT2D eigenvalue weighted by Gasteiger charge is -2.52. The maximum absolute atomic E-state index is 12.5. The van der Waals surface area contributed by atoms with E-state index in [0.29, 0.717) is 37.7 Å². The highest BCUT2D eigenvalue weighted by Crippen LogP contribution is 2.50. The van der Waals surface area contributed by atoms with Gasteiger partial charge < -0.3 is 19.2 Å². The Bertz CT molecular complexity index is 1640. The van der Waals surface area contributed by atoms with E-state index >= 15 is 0 Å². The van der Waals surface area contributed by atoms with Crippen molar-refractivity contribution < 1.29 is 27.5 Å². The van der Waals surface area contributed by atoms with Crippen molar-refractivity contribution in [3.8, 4) is 5.75 Å². The summed E-state index contributed by atoms with van der Waals surface area (Å²) in [5, 5.41) is 15.9. The number of hydrogen-bond donors (Lipinski definition) is 2. The molecule has 1 aliphatic heterocycles. The SMILES string of the molecule is CC(C)(C)[Si](C)(C)OC([C@@H]1CCC[C@@H](S(N)(=O)=O)C1)[C@@H]1CC[C@H]1CN1C[C@@]2(CCCc3cc(Cl)ccc32)COc2ccc(C(=O)O)cc21. The van der Waals surface area contributed by atoms with Crippen LogP contribution in [0.15, 0.2) is 36.4 Å². The van der Waals surface area contributed by atoms with Crippen molar-refractivity contribution in [2.75, 3.05) is 24.6 Å². The number of sulfonamides is 1. The van der Waals surface area contributed by atoms with E-state index in [9.17, 15) is 18.3 Å². The smallest absolute Gasteiger partial charge is 0.335 e. The van der Waals surface area contributed by atoms with Gasteiger partial charge in [0.15, 0.2) is 8.32 Å². The number of benzene rings is 2. The molecular formula is C37H53ClN2O6SSi. The summed E-state index contributed by atoms with van der Waals surface area (Å²) in [5.74, 6) is 0.460. The number of fused-ring (bicyclic) bond motifs is 3. The lowest BCUT2D eigenvalue weighted by Crippen LogP contribution is -2.55. The van der Waals surface area contributed by atoms with Crippen LogP contribution in [0.2, 0.25) is 23.2 Å². The predicted octanol–water partition coefficient (Wildman–Crippen LogP) is 7.78. The summed E-state index contributed by atoms with van der Waals surface area (Å²) in [6.07, 6.45) is 7.94. The van der Waals surface area contributed by atoms with Gasteiger partial charge in [0.05, 0.1) is 29.2 Å². The van der Waals surface area contributed by atoms with E-state index in [1.54, 1.807) is 12.1 Å². The molecule has 4 aliphatic rings. The van der Waals surface area contributed by atoms with Gasteiger partial charge in [-0.1, -0.05) is 44.9 Å². The van der Waals surface area contributed by atoms with E-state index in [1.165, 1.54) is 11.1 Å². The Labute approximate surface area is 292 Å². The van der Waals surface area contributed by atoms with Crippen LogP contribution in [0.1, 0.15) is 93.6 Å². The van der Waals surface area contributed by atoms with E-state index < -0.39 is 29.6 Å². The number of hydrogen-bond acceptors (Lipinski definition) is 6. The molecular weight excluding hydrogens is 664 g/mol. The number of carbonyl (C=O) groups is 1. The number of aromatic carboxylic acids is 1. The summed E-state index contributed by atoms with van der Waals surface area (Å²) in [4.78, 5) is 14.5. The molecule has 48 heavy (non-hydrogen) atoms. The van der Waals surface area contributed by atoms with Crippen LogP contribution in [0.4, 0.5) is 5.69 Å². The largest absolute Gasteiger partial charge is 0.490 e. The first-order valence-electron chi connectivity index (χ1n) is 17.7. The Morgan fingerprint density at radius 1 is 1.15 bits per heavy atom. The fourth-order valence-electron chi connectivity index (χ4n) is 8.61. The summed E-state index contributed by atoms with van der Waals surface area (Å²) in [6.45, 7) is 13.3. The van der Waals surface area contributed by atoms with Gasteiger partial charge in [0.25, 0.3) is 0 Å². The summed E-state index contributed by atoms with van der Waals surface area (Å²) >= 11 is 6.45. The fraction of sp³-hybridized carbons (Fsp3) is 0.649. The molecule has 1 unspecified atom stereocenters. The van der Waals surface area contributed by atoms with Crippen LogP contribution in [0, 0.1) is 17.8 Å². The summed E-state index contributed by atoms with van der Waals surface area (Å²) < 4.78 is 39.0. The van der Waals surface area contributed by atoms with Crippen molar-refractivity contribution in [1.82, 2.24) is 0 Å². The fourth-order valence-corrected chi connectivity index (χ4v) is 11.2. The average molecular weight is 717 g/mol. The third-order valence-electron chi connectivity index (χ3n) is 12.5. The molecule has 6 atom stereocenters. The van der Waals surface area contributed by atoms with Crippen LogP contribution >= 0.6 is 11.6 Å². The van der Waals surface area contributed by atoms with Gasteiger partial charge in [0, 0.05) is 23.5 Å². The first-order valence-corrected chi connectivity index (χ1v) is 22.6. The van der Waals surface area contributed by atoms with Gasteiger partial charge in [-0.05, 0) is 129 Å². The number of ether oxygens (including phenoxy) is 1. The van der Waals surface area contributed by atoms with Gasteiger partial charge in [-0.15, -0.1) is 0 Å². The van der Waals surface area contributed by atoms with Gasteiger partial charge in [-0.25, -0.2) is 18.4 Å². The minimum atomic E-state index is -3.63. The van der Waals surface area contributed by atoms with Crippen molar-refractivity contribution >= 4 is 41.6 Å². The molecule has 264 valence electrons. The number of carboxylic acid groups (broad SMARTS) is 1. The van der Waals surface area contributed by atoms with Gasteiger partial charge in [0.1, 0.15) is 5.75 Å². The van der Waals surface area contributed by atoms with E-state index in [0.717, 1.165) is 62.2 Å². The summed E-state index contributed by atoms with van der Waals surface area (Å²) in [6, 6.07) is 11.4. The van der Waals surface area contributed by atoms with Crippen molar-refractivity contribution in [3.63, 3.8) is 0 Å². The molecule has 6 rings (SSSR count). The molecule has 0 aromatic heterocycles. The van der Waals surface area contributed by atoms with E-state index in [-0.39, 0.29) is 34.0 Å². The molecule has 3 aliphatic carbocycles. The molecule has 2 aromatic carbocycles. The third-order valence-corrected chi connectivity index (χ3v) is 18.5. The molecule has 2 fully saturated rings. The number of primary sulfonamides is 1. The number of nitrogens with zero attached hydrogens (tertiary/aromatic N) is 1. The Hall–Kier alpha value is -2.11. The van der Waals surface area contributed by atoms with Crippen LogP contribution in [0.5, 0.6) is 5.75 Å². The molecule has 0 radical (unpaired) electrons. The molecule has 1 heterocycles. The van der Waals surface area contributed by atoms with Crippen LogP contribution in [0.25, 0.3) is 0 Å². The quantitative estimate of drug-likeness (QED) is 0.268. The van der Waals surface area contributed by atoms with E-state index in [1.807, 2.05) is 12.1 Å². The van der Waals surface area contributed by atoms with Crippen molar-refractivity contribution in [1.29, 1.82) is 0 Å². The Morgan fingerprint density at radius 2 is 1.92 bits per heavy atom. The Morgan fingerprint density at radius 3 is 2.58 bits per heavy atom. The zero-order chi connectivity index (χ0) is 34.6. The predicted molar refractivity (Wildman–Crippen MR) is 194 cm³/mol. The maximum Gasteiger partial charge on any atom is 0.335 e. The second kappa shape index (κ2) is 13.2. The molecule has 3 N–H and O–H groups in total. The van der Waals surface area contributed by atoms with E-state index in [4.69, 9.17) is 25.9 Å². The summed E-state index contributed by atoms with van der Waals surface area (Å²) in [7, 11) is -5.83. The lowest BCUT2D eigenvalue weighted by atomic mass is 9.65. The normalized spacial score (nSPS) is 28.4. The molecule has 8 nitrogen and oxygen atoms in total. The van der Waals surface area contributed by atoms with Crippen LogP contribution < -0.4 is 14.8 Å². The molecule has 2 saturated carbocycles. The average Bonchev–Trinajstić information content (AvgIpc) is 3.14. The highest BCUT2D eigenvalue weighted by atomic mass is 35.5. The van der Waals surface area contributed by atoms with Crippen LogP contribution in [-0.2, 0) is 26.3 Å². The number of rotatable bonds is 8. The third kappa shape index (κ3) is 7.07. The van der Waals surface area contributed by atoms with Crippen molar-refractivity contribution in [3.05, 3.63) is 58.1 Å². The van der Waals surface area contributed by atoms with Gasteiger partial charge in [0.2, 0.25) is 10.0 Å². The standard InChI is InChI=1S/C37H53ClN2O6SSi/c1-36(2,3)48(4,5)46-34(25-8-6-10-29(19-25)47(39,43)44)30-14-11-27(30)21-40-22-37(17-7-9-24-18-28(38)13-15-31(24)37)23-45-33-16-12-26(35(41)42)20-32(33)40/h12-13,15-16,18,20,25,27,29-30,34H,6-11,14,17,19,21-23H2,1-5H3,(H,41,42)(H2,39,43,44)/t25-,27+,29-,30-,34?,37+/m1/s1. The second-order valence-corrected chi connectivity index (χ2v) is 23.6. The molecule has 11 heteroatoms. The molecule has 0 saturated heterocycles. The summed E-state index contributed by atoms with van der Waals surface area (Å²) in [5.41, 5.74) is 3.35.